The van der Waals surface area contributed by atoms with Gasteiger partial charge in [-0.3, -0.25) is 0 Å². The van der Waals surface area contributed by atoms with Crippen molar-refractivity contribution in [2.24, 2.45) is 0 Å². The summed E-state index contributed by atoms with van der Waals surface area (Å²) < 4.78 is 5.27. The first-order chi connectivity index (χ1) is 8.22. The van der Waals surface area contributed by atoms with Crippen molar-refractivity contribution < 1.29 is 4.74 Å². The lowest BCUT2D eigenvalue weighted by atomic mass is 10.1. The number of hydrogen-bond donors (Lipinski definition) is 0. The van der Waals surface area contributed by atoms with E-state index in [1.54, 1.807) is 13.3 Å². The molecule has 0 N–H and O–H groups in total. The van der Waals surface area contributed by atoms with Crippen LogP contribution in [0.25, 0.3) is 11.4 Å². The summed E-state index contributed by atoms with van der Waals surface area (Å²) in [4.78, 5) is 8.90. The fraction of sp³-hybridized carbons (Fsp3) is 0.286. The highest BCUT2D eigenvalue weighted by molar-refractivity contribution is 5.55. The average Bonchev–Trinajstić information content (AvgIpc) is 2.39. The number of ether oxygens (including phenoxy) is 1. The van der Waals surface area contributed by atoms with Crippen molar-refractivity contribution in [1.29, 1.82) is 0 Å². The summed E-state index contributed by atoms with van der Waals surface area (Å²) in [6.45, 7) is 4.19. The molecule has 3 nitrogen and oxygen atoms in total. The largest absolute Gasteiger partial charge is 0.493 e. The highest BCUT2D eigenvalue weighted by atomic mass is 16.5. The first-order valence-electron chi connectivity index (χ1n) is 5.68. The second kappa shape index (κ2) is 4.95. The third kappa shape index (κ3) is 2.44. The van der Waals surface area contributed by atoms with Gasteiger partial charge in [0.2, 0.25) is 0 Å². The number of benzene rings is 1. The van der Waals surface area contributed by atoms with Gasteiger partial charge < -0.3 is 4.74 Å². The average molecular weight is 228 g/mol. The van der Waals surface area contributed by atoms with Crippen molar-refractivity contribution in [3.63, 3.8) is 0 Å². The minimum absolute atomic E-state index is 0.315. The molecule has 0 saturated heterocycles. The van der Waals surface area contributed by atoms with Gasteiger partial charge in [0.15, 0.2) is 11.6 Å². The molecule has 0 amide bonds. The molecule has 2 rings (SSSR count). The molecule has 0 aliphatic rings. The van der Waals surface area contributed by atoms with Gasteiger partial charge in [0.1, 0.15) is 0 Å². The zero-order chi connectivity index (χ0) is 12.3. The summed E-state index contributed by atoms with van der Waals surface area (Å²) in [6, 6.07) is 9.96. The molecule has 0 spiro atoms. The van der Waals surface area contributed by atoms with Crippen LogP contribution in [-0.4, -0.2) is 17.1 Å². The second-order valence-corrected chi connectivity index (χ2v) is 4.17. The second-order valence-electron chi connectivity index (χ2n) is 4.17. The summed E-state index contributed by atoms with van der Waals surface area (Å²) >= 11 is 0. The van der Waals surface area contributed by atoms with E-state index in [1.807, 2.05) is 30.3 Å². The Morgan fingerprint density at radius 3 is 2.41 bits per heavy atom. The minimum atomic E-state index is 0.315. The summed E-state index contributed by atoms with van der Waals surface area (Å²) in [6.07, 6.45) is 1.74. The van der Waals surface area contributed by atoms with E-state index >= 15 is 0 Å². The van der Waals surface area contributed by atoms with Crippen molar-refractivity contribution >= 4 is 0 Å². The zero-order valence-electron chi connectivity index (χ0n) is 10.3. The minimum Gasteiger partial charge on any atom is -0.493 e. The van der Waals surface area contributed by atoms with E-state index in [2.05, 4.69) is 23.8 Å². The van der Waals surface area contributed by atoms with Crippen molar-refractivity contribution in [2.75, 3.05) is 7.11 Å². The summed E-state index contributed by atoms with van der Waals surface area (Å²) in [7, 11) is 1.65. The van der Waals surface area contributed by atoms with Gasteiger partial charge in [0, 0.05) is 5.56 Å². The molecule has 0 radical (unpaired) electrons. The predicted molar refractivity (Wildman–Crippen MR) is 68.1 cm³/mol. The normalized spacial score (nSPS) is 10.6. The van der Waals surface area contributed by atoms with Gasteiger partial charge in [-0.1, -0.05) is 44.2 Å². The molecule has 0 aliphatic carbocycles. The van der Waals surface area contributed by atoms with Crippen LogP contribution in [0.3, 0.4) is 0 Å². The van der Waals surface area contributed by atoms with Gasteiger partial charge in [-0.2, -0.15) is 0 Å². The van der Waals surface area contributed by atoms with E-state index < -0.39 is 0 Å². The lowest BCUT2D eigenvalue weighted by Gasteiger charge is -2.11. The molecule has 0 aliphatic heterocycles. The Labute approximate surface area is 102 Å². The molecule has 1 heterocycles. The Hall–Kier alpha value is -1.90. The van der Waals surface area contributed by atoms with Gasteiger partial charge in [0.05, 0.1) is 19.0 Å². The lowest BCUT2D eigenvalue weighted by Crippen LogP contribution is -2.01. The van der Waals surface area contributed by atoms with Crippen LogP contribution in [0.2, 0.25) is 0 Å². The van der Waals surface area contributed by atoms with Gasteiger partial charge in [0.25, 0.3) is 0 Å². The maximum absolute atomic E-state index is 5.27. The van der Waals surface area contributed by atoms with E-state index in [9.17, 15) is 0 Å². The molecule has 0 saturated carbocycles. The zero-order valence-corrected chi connectivity index (χ0v) is 10.3. The Kier molecular flexibility index (Phi) is 3.38. The van der Waals surface area contributed by atoms with Gasteiger partial charge >= 0.3 is 0 Å². The first-order valence-corrected chi connectivity index (χ1v) is 5.68. The number of nitrogens with zero attached hydrogens (tertiary/aromatic N) is 2. The molecular formula is C14H16N2O. The molecule has 2 aromatic rings. The van der Waals surface area contributed by atoms with Crippen molar-refractivity contribution in [3.05, 3.63) is 42.2 Å². The fourth-order valence-corrected chi connectivity index (χ4v) is 1.68. The fourth-order valence-electron chi connectivity index (χ4n) is 1.68. The Bertz CT molecular complexity index is 495. The smallest absolute Gasteiger partial charge is 0.159 e. The van der Waals surface area contributed by atoms with Crippen LogP contribution in [0, 0.1) is 0 Å². The summed E-state index contributed by atoms with van der Waals surface area (Å²) in [5.41, 5.74) is 1.97. The molecule has 88 valence electrons. The molecule has 0 bridgehead atoms. The van der Waals surface area contributed by atoms with E-state index in [0.717, 1.165) is 22.8 Å². The molecule has 1 aromatic carbocycles. The molecular weight excluding hydrogens is 212 g/mol. The molecule has 1 aromatic heterocycles. The van der Waals surface area contributed by atoms with E-state index in [0.29, 0.717) is 5.92 Å². The third-order valence-electron chi connectivity index (χ3n) is 2.58. The highest BCUT2D eigenvalue weighted by Gasteiger charge is 2.11. The molecule has 0 atom stereocenters. The van der Waals surface area contributed by atoms with E-state index in [-0.39, 0.29) is 0 Å². The van der Waals surface area contributed by atoms with E-state index in [4.69, 9.17) is 4.74 Å². The van der Waals surface area contributed by atoms with Crippen LogP contribution in [0.15, 0.2) is 36.5 Å². The number of aromatic nitrogens is 2. The molecule has 17 heavy (non-hydrogen) atoms. The Morgan fingerprint density at radius 2 is 1.82 bits per heavy atom. The summed E-state index contributed by atoms with van der Waals surface area (Å²) in [5.74, 6) is 1.81. The van der Waals surface area contributed by atoms with Gasteiger partial charge in [-0.15, -0.1) is 0 Å². The van der Waals surface area contributed by atoms with Crippen LogP contribution >= 0.6 is 0 Å². The van der Waals surface area contributed by atoms with Gasteiger partial charge in [-0.25, -0.2) is 9.97 Å². The van der Waals surface area contributed by atoms with Crippen LogP contribution in [0.5, 0.6) is 5.75 Å². The molecule has 0 fully saturated rings. The topological polar surface area (TPSA) is 35.0 Å². The molecule has 0 unspecified atom stereocenters. The SMILES string of the molecule is COc1cnc(-c2ccccc2)nc1C(C)C. The maximum atomic E-state index is 5.27. The summed E-state index contributed by atoms with van der Waals surface area (Å²) in [5, 5.41) is 0. The predicted octanol–water partition coefficient (Wildman–Crippen LogP) is 3.28. The van der Waals surface area contributed by atoms with E-state index in [1.165, 1.54) is 0 Å². The first kappa shape index (κ1) is 11.6. The Balaban J connectivity index is 2.48. The van der Waals surface area contributed by atoms with Crippen LogP contribution in [-0.2, 0) is 0 Å². The lowest BCUT2D eigenvalue weighted by molar-refractivity contribution is 0.402. The third-order valence-corrected chi connectivity index (χ3v) is 2.58. The standard InChI is InChI=1S/C14H16N2O/c1-10(2)13-12(17-3)9-15-14(16-13)11-7-5-4-6-8-11/h4-10H,1-3H3. The maximum Gasteiger partial charge on any atom is 0.159 e. The monoisotopic (exact) mass is 228 g/mol. The van der Waals surface area contributed by atoms with Crippen LogP contribution in [0.4, 0.5) is 0 Å². The number of methoxy groups -OCH3 is 1. The van der Waals surface area contributed by atoms with Crippen molar-refractivity contribution in [3.8, 4) is 17.1 Å². The molecule has 3 heteroatoms. The van der Waals surface area contributed by atoms with Crippen molar-refractivity contribution in [1.82, 2.24) is 9.97 Å². The van der Waals surface area contributed by atoms with Gasteiger partial charge in [-0.05, 0) is 5.92 Å². The van der Waals surface area contributed by atoms with Crippen LogP contribution < -0.4 is 4.74 Å². The van der Waals surface area contributed by atoms with Crippen LogP contribution in [0.1, 0.15) is 25.5 Å². The van der Waals surface area contributed by atoms with Crippen molar-refractivity contribution in [2.45, 2.75) is 19.8 Å². The number of rotatable bonds is 3. The quantitative estimate of drug-likeness (QED) is 0.808. The Morgan fingerprint density at radius 1 is 1.12 bits per heavy atom. The number of hydrogen-bond acceptors (Lipinski definition) is 3. The highest BCUT2D eigenvalue weighted by Crippen LogP contribution is 2.25.